The fourth-order valence-electron chi connectivity index (χ4n) is 0.431. The minimum Gasteiger partial charge on any atom is -0.373 e. The normalized spacial score (nSPS) is 16.1. The number of amides is 1. The summed E-state index contributed by atoms with van der Waals surface area (Å²) in [4.78, 5) is 10.5. The summed E-state index contributed by atoms with van der Waals surface area (Å²) in [5, 5.41) is 0. The molecule has 0 aromatic rings. The first-order valence-corrected chi connectivity index (χ1v) is 3.31. The zero-order valence-electron chi connectivity index (χ0n) is 6.72. The minimum absolute atomic E-state index is 0.299. The monoisotopic (exact) mass is 182 g/mol. The lowest BCUT2D eigenvalue weighted by Gasteiger charge is -2.19. The van der Waals surface area contributed by atoms with Crippen LogP contribution in [0.25, 0.3) is 0 Å². The van der Waals surface area contributed by atoms with E-state index in [0.717, 1.165) is 0 Å². The number of nitrogens with two attached hydrogens (primary N) is 2. The number of ether oxygens (including phenoxy) is 1. The van der Waals surface area contributed by atoms with Crippen LogP contribution in [-0.2, 0) is 9.53 Å². The van der Waals surface area contributed by atoms with E-state index in [1.54, 1.807) is 0 Å². The van der Waals surface area contributed by atoms with Gasteiger partial charge in [0.25, 0.3) is 6.43 Å². The molecule has 1 unspecified atom stereocenters. The van der Waals surface area contributed by atoms with E-state index >= 15 is 0 Å². The van der Waals surface area contributed by atoms with E-state index in [1.807, 2.05) is 0 Å². The largest absolute Gasteiger partial charge is 0.373 e. The quantitative estimate of drug-likeness (QED) is 0.600. The molecule has 0 spiro atoms. The molecule has 0 saturated carbocycles. The third-order valence-electron chi connectivity index (χ3n) is 1.21. The molecular weight excluding hydrogens is 170 g/mol. The highest BCUT2D eigenvalue weighted by atomic mass is 19.3. The lowest BCUT2D eigenvalue weighted by atomic mass is 10.1. The molecule has 1 atom stereocenters. The molecule has 0 aliphatic heterocycles. The predicted octanol–water partition coefficient (Wildman–Crippen LogP) is -0.529. The van der Waals surface area contributed by atoms with Gasteiger partial charge >= 0.3 is 0 Å². The summed E-state index contributed by atoms with van der Waals surface area (Å²) in [5.74, 6) is -0.781. The van der Waals surface area contributed by atoms with Crippen LogP contribution in [0.4, 0.5) is 8.78 Å². The van der Waals surface area contributed by atoms with Crippen molar-refractivity contribution in [2.24, 2.45) is 11.5 Å². The van der Waals surface area contributed by atoms with Crippen LogP contribution in [0.5, 0.6) is 0 Å². The molecule has 4 nitrogen and oxygen atoms in total. The second-order valence-corrected chi connectivity index (χ2v) is 2.69. The molecule has 6 heteroatoms. The fraction of sp³-hybridized carbons (Fsp3) is 0.833. The lowest BCUT2D eigenvalue weighted by Crippen LogP contribution is -2.53. The molecule has 1 amide bonds. The molecule has 0 aromatic carbocycles. The van der Waals surface area contributed by atoms with E-state index in [1.165, 1.54) is 6.92 Å². The highest BCUT2D eigenvalue weighted by Crippen LogP contribution is 2.00. The van der Waals surface area contributed by atoms with E-state index in [2.05, 4.69) is 4.74 Å². The maximum atomic E-state index is 11.5. The Morgan fingerprint density at radius 1 is 1.67 bits per heavy atom. The Labute approximate surface area is 68.8 Å². The van der Waals surface area contributed by atoms with Crippen LogP contribution in [0.1, 0.15) is 6.92 Å². The van der Waals surface area contributed by atoms with Crippen LogP contribution in [0, 0.1) is 0 Å². The number of carbonyl (C=O) groups is 1. The highest BCUT2D eigenvalue weighted by molar-refractivity contribution is 5.83. The Bertz CT molecular complexity index is 162. The Balaban J connectivity index is 3.69. The van der Waals surface area contributed by atoms with E-state index < -0.39 is 24.5 Å². The van der Waals surface area contributed by atoms with Crippen molar-refractivity contribution in [3.8, 4) is 0 Å². The zero-order valence-corrected chi connectivity index (χ0v) is 6.72. The van der Waals surface area contributed by atoms with Crippen LogP contribution < -0.4 is 11.5 Å². The first kappa shape index (κ1) is 11.2. The molecule has 0 aliphatic carbocycles. The molecule has 0 saturated heterocycles. The molecule has 0 heterocycles. The van der Waals surface area contributed by atoms with Crippen LogP contribution in [0.2, 0.25) is 0 Å². The van der Waals surface area contributed by atoms with E-state index in [0.29, 0.717) is 0 Å². The number of alkyl halides is 2. The standard InChI is InChI=1S/C6H12F2N2O2/c1-6(10,5(9)11)3-12-2-4(7)8/h4H,2-3,10H2,1H3,(H2,9,11). The summed E-state index contributed by atoms with van der Waals surface area (Å²) < 4.78 is 27.5. The number of hydrogen-bond donors (Lipinski definition) is 2. The number of halogens is 2. The van der Waals surface area contributed by atoms with Crippen molar-refractivity contribution < 1.29 is 18.3 Å². The summed E-state index contributed by atoms with van der Waals surface area (Å²) in [6.07, 6.45) is -2.56. The van der Waals surface area contributed by atoms with Gasteiger partial charge in [0.2, 0.25) is 5.91 Å². The number of primary amides is 1. The van der Waals surface area contributed by atoms with E-state index in [9.17, 15) is 13.6 Å². The first-order valence-electron chi connectivity index (χ1n) is 3.31. The smallest absolute Gasteiger partial charge is 0.261 e. The second kappa shape index (κ2) is 4.32. The minimum atomic E-state index is -2.56. The van der Waals surface area contributed by atoms with Gasteiger partial charge in [0.1, 0.15) is 12.1 Å². The van der Waals surface area contributed by atoms with Gasteiger partial charge < -0.3 is 16.2 Å². The molecular formula is C6H12F2N2O2. The van der Waals surface area contributed by atoms with Crippen LogP contribution >= 0.6 is 0 Å². The van der Waals surface area contributed by atoms with Crippen molar-refractivity contribution in [3.63, 3.8) is 0 Å². The molecule has 0 aliphatic rings. The lowest BCUT2D eigenvalue weighted by molar-refractivity contribution is -0.125. The Hall–Kier alpha value is -0.750. The third kappa shape index (κ3) is 4.20. The van der Waals surface area contributed by atoms with Gasteiger partial charge in [-0.25, -0.2) is 8.78 Å². The highest BCUT2D eigenvalue weighted by Gasteiger charge is 2.26. The molecule has 0 rings (SSSR count). The maximum absolute atomic E-state index is 11.5. The Morgan fingerprint density at radius 3 is 2.50 bits per heavy atom. The summed E-state index contributed by atoms with van der Waals surface area (Å²) >= 11 is 0. The van der Waals surface area contributed by atoms with Crippen molar-refractivity contribution in [2.75, 3.05) is 13.2 Å². The van der Waals surface area contributed by atoms with Gasteiger partial charge in [0.15, 0.2) is 0 Å². The number of hydrogen-bond acceptors (Lipinski definition) is 3. The van der Waals surface area contributed by atoms with Crippen LogP contribution in [0.15, 0.2) is 0 Å². The first-order chi connectivity index (χ1) is 5.36. The third-order valence-corrected chi connectivity index (χ3v) is 1.21. The van der Waals surface area contributed by atoms with Crippen molar-refractivity contribution >= 4 is 5.91 Å². The van der Waals surface area contributed by atoms with Crippen molar-refractivity contribution in [2.45, 2.75) is 18.9 Å². The van der Waals surface area contributed by atoms with Crippen LogP contribution in [0.3, 0.4) is 0 Å². The van der Waals surface area contributed by atoms with E-state index in [-0.39, 0.29) is 6.61 Å². The average Bonchev–Trinajstić information content (AvgIpc) is 1.85. The average molecular weight is 182 g/mol. The van der Waals surface area contributed by atoms with Crippen LogP contribution in [-0.4, -0.2) is 31.1 Å². The molecule has 4 N–H and O–H groups in total. The summed E-state index contributed by atoms with van der Waals surface area (Å²) in [6, 6.07) is 0. The molecule has 72 valence electrons. The SMILES string of the molecule is CC(N)(COCC(F)F)C(N)=O. The number of carbonyl (C=O) groups excluding carboxylic acids is 1. The van der Waals surface area contributed by atoms with Gasteiger partial charge in [0, 0.05) is 0 Å². The molecule has 0 fully saturated rings. The molecule has 0 bridgehead atoms. The van der Waals surface area contributed by atoms with Gasteiger partial charge in [-0.3, -0.25) is 4.79 Å². The molecule has 0 aromatic heterocycles. The molecule has 12 heavy (non-hydrogen) atoms. The van der Waals surface area contributed by atoms with Crippen molar-refractivity contribution in [3.05, 3.63) is 0 Å². The van der Waals surface area contributed by atoms with E-state index in [4.69, 9.17) is 11.5 Å². The van der Waals surface area contributed by atoms with Gasteiger partial charge in [-0.2, -0.15) is 0 Å². The van der Waals surface area contributed by atoms with Crippen molar-refractivity contribution in [1.29, 1.82) is 0 Å². The Kier molecular flexibility index (Phi) is 4.05. The number of rotatable bonds is 5. The second-order valence-electron chi connectivity index (χ2n) is 2.69. The zero-order chi connectivity index (χ0) is 9.78. The van der Waals surface area contributed by atoms with Crippen molar-refractivity contribution in [1.82, 2.24) is 0 Å². The van der Waals surface area contributed by atoms with Gasteiger partial charge in [0.05, 0.1) is 6.61 Å². The fourth-order valence-corrected chi connectivity index (χ4v) is 0.431. The topological polar surface area (TPSA) is 78.3 Å². The Morgan fingerprint density at radius 2 is 2.17 bits per heavy atom. The predicted molar refractivity (Wildman–Crippen MR) is 38.6 cm³/mol. The summed E-state index contributed by atoms with van der Waals surface area (Å²) in [5.41, 5.74) is 8.78. The summed E-state index contributed by atoms with van der Waals surface area (Å²) in [7, 11) is 0. The van der Waals surface area contributed by atoms with Gasteiger partial charge in [-0.15, -0.1) is 0 Å². The maximum Gasteiger partial charge on any atom is 0.261 e. The van der Waals surface area contributed by atoms with Gasteiger partial charge in [-0.1, -0.05) is 0 Å². The molecule has 0 radical (unpaired) electrons. The van der Waals surface area contributed by atoms with Gasteiger partial charge in [-0.05, 0) is 6.92 Å². The summed E-state index contributed by atoms with van der Waals surface area (Å²) in [6.45, 7) is 0.285.